The highest BCUT2D eigenvalue weighted by atomic mass is 16.5. The molecule has 1 aliphatic heterocycles. The van der Waals surface area contributed by atoms with E-state index in [0.29, 0.717) is 13.0 Å². The number of aliphatic hydroxyl groups is 1. The lowest BCUT2D eigenvalue weighted by Crippen LogP contribution is -2.54. The van der Waals surface area contributed by atoms with Gasteiger partial charge < -0.3 is 24.4 Å². The van der Waals surface area contributed by atoms with E-state index in [-0.39, 0.29) is 78.4 Å². The van der Waals surface area contributed by atoms with Gasteiger partial charge in [-0.1, -0.05) is 91.6 Å². The Kier molecular flexibility index (Phi) is 18.8. The number of nitrogens with zero attached hydrogens (tertiary/aromatic N) is 3. The van der Waals surface area contributed by atoms with E-state index in [9.17, 15) is 24.3 Å². The number of rotatable bonds is 22. The maximum absolute atomic E-state index is 14.3. The van der Waals surface area contributed by atoms with E-state index in [0.717, 1.165) is 24.0 Å². The Morgan fingerprint density at radius 2 is 1.45 bits per heavy atom. The number of aliphatic hydroxyl groups excluding tert-OH is 1. The molecule has 1 aliphatic rings. The number of Topliss-reactive ketones (excluding diaryl/α,β-unsaturated/α-hetero) is 2. The average Bonchev–Trinajstić information content (AvgIpc) is 3.59. The van der Waals surface area contributed by atoms with Gasteiger partial charge in [0.25, 0.3) is 0 Å². The third-order valence-corrected chi connectivity index (χ3v) is 11.9. The number of methoxy groups -OCH3 is 2. The maximum atomic E-state index is 14.3. The van der Waals surface area contributed by atoms with Crippen LogP contribution in [0.25, 0.3) is 0 Å². The zero-order valence-corrected chi connectivity index (χ0v) is 35.4. The van der Waals surface area contributed by atoms with Crippen LogP contribution in [0.5, 0.6) is 0 Å². The largest absolute Gasteiger partial charge is 0.388 e. The molecule has 2 unspecified atom stereocenters. The highest BCUT2D eigenvalue weighted by molar-refractivity contribution is 5.90. The summed E-state index contributed by atoms with van der Waals surface area (Å²) in [7, 11) is 8.77. The summed E-state index contributed by atoms with van der Waals surface area (Å²) in [5.41, 5.74) is 1.89. The Bertz CT molecular complexity index is 1310. The number of carbonyl (C=O) groups is 4. The minimum Gasteiger partial charge on any atom is -0.388 e. The highest BCUT2D eigenvalue weighted by Crippen LogP contribution is 2.33. The van der Waals surface area contributed by atoms with Crippen molar-refractivity contribution in [3.8, 4) is 0 Å². The summed E-state index contributed by atoms with van der Waals surface area (Å²) in [5.74, 6) is -1.36. The minimum absolute atomic E-state index is 0.00923. The summed E-state index contributed by atoms with van der Waals surface area (Å²) in [6.45, 7) is 18.4. The van der Waals surface area contributed by atoms with Crippen LogP contribution in [0, 0.1) is 42.4 Å². The van der Waals surface area contributed by atoms with Gasteiger partial charge in [0, 0.05) is 52.5 Å². The number of likely N-dealkylation sites (N-methyl/N-ethyl adjacent to an activating group) is 2. The molecule has 10 atom stereocenters. The molecular weight excluding hydrogens is 670 g/mol. The van der Waals surface area contributed by atoms with Gasteiger partial charge in [-0.2, -0.15) is 0 Å². The molecule has 1 heterocycles. The molecule has 2 rings (SSSR count). The Labute approximate surface area is 321 Å². The van der Waals surface area contributed by atoms with Crippen LogP contribution >= 0.6 is 0 Å². The summed E-state index contributed by atoms with van der Waals surface area (Å²) in [6, 6.07) is 6.75. The molecule has 0 aliphatic carbocycles. The summed E-state index contributed by atoms with van der Waals surface area (Å²) >= 11 is 0. The van der Waals surface area contributed by atoms with Crippen molar-refractivity contribution >= 4 is 23.4 Å². The number of hydrogen-bond acceptors (Lipinski definition) is 8. The van der Waals surface area contributed by atoms with Crippen LogP contribution < -0.4 is 0 Å². The molecule has 302 valence electrons. The van der Waals surface area contributed by atoms with E-state index >= 15 is 0 Å². The lowest BCUT2D eigenvalue weighted by molar-refractivity contribution is -0.149. The molecule has 2 amide bonds. The van der Waals surface area contributed by atoms with Gasteiger partial charge in [0.1, 0.15) is 5.78 Å². The topological polar surface area (TPSA) is 117 Å². The zero-order valence-electron chi connectivity index (χ0n) is 35.4. The lowest BCUT2D eigenvalue weighted by atomic mass is 9.83. The van der Waals surface area contributed by atoms with Crippen molar-refractivity contribution in [1.29, 1.82) is 0 Å². The fraction of sp³-hybridized carbons (Fsp3) is 0.767. The van der Waals surface area contributed by atoms with Crippen molar-refractivity contribution < 1.29 is 33.8 Å². The molecule has 1 N–H and O–H groups in total. The molecule has 1 aromatic rings. The SMILES string of the molecule is CCC(C)[C@@H]([C@@H](CC(=O)N1CCCC1[C@H](OC)[C@@H](C)C(=O)C[C@H](C)[C@@H](O)c1ccc(C)cc1)OC)N(C)C(=O)[C@@H](CC(=O)[C@H](C(C)C)N(C)C)C(C)C. The van der Waals surface area contributed by atoms with Gasteiger partial charge >= 0.3 is 0 Å². The van der Waals surface area contributed by atoms with Gasteiger partial charge in [0.05, 0.1) is 42.9 Å². The molecule has 0 saturated carbocycles. The number of hydrogen-bond donors (Lipinski definition) is 1. The van der Waals surface area contributed by atoms with Crippen molar-refractivity contribution in [2.45, 2.75) is 137 Å². The quantitative estimate of drug-likeness (QED) is 0.146. The first-order valence-electron chi connectivity index (χ1n) is 19.9. The number of carbonyl (C=O) groups excluding carboxylic acids is 4. The molecule has 10 nitrogen and oxygen atoms in total. The number of ether oxygens (including phenoxy) is 2. The highest BCUT2D eigenvalue weighted by Gasteiger charge is 2.43. The summed E-state index contributed by atoms with van der Waals surface area (Å²) in [5, 5.41) is 11.0. The smallest absolute Gasteiger partial charge is 0.226 e. The van der Waals surface area contributed by atoms with Gasteiger partial charge in [0.2, 0.25) is 11.8 Å². The predicted molar refractivity (Wildman–Crippen MR) is 211 cm³/mol. The van der Waals surface area contributed by atoms with Gasteiger partial charge in [0.15, 0.2) is 5.78 Å². The van der Waals surface area contributed by atoms with Crippen molar-refractivity contribution in [2.24, 2.45) is 35.5 Å². The third kappa shape index (κ3) is 12.2. The standard InChI is InChI=1S/C43H73N3O7/c1-15-29(7)40(45(12)43(51)33(26(2)3)24-36(48)39(27(4)5)44(10)11)37(52-13)25-38(49)46-22-16-17-34(46)42(53-14)31(9)35(47)23-30(8)41(50)32-20-18-28(6)19-21-32/h18-21,26-27,29-31,33-34,37,39-42,50H,15-17,22-25H2,1-14H3/t29?,30-,31-,33-,34?,37+,39-,40-,41+,42+/m0/s1. The van der Waals surface area contributed by atoms with E-state index < -0.39 is 36.2 Å². The molecule has 0 aromatic heterocycles. The number of aryl methyl sites for hydroxylation is 1. The Hall–Kier alpha value is -2.66. The van der Waals surface area contributed by atoms with Gasteiger partial charge in [-0.25, -0.2) is 0 Å². The van der Waals surface area contributed by atoms with Crippen LogP contribution in [0.4, 0.5) is 0 Å². The number of likely N-dealkylation sites (tertiary alicyclic amines) is 1. The van der Waals surface area contributed by atoms with Crippen LogP contribution in [0.1, 0.15) is 111 Å². The summed E-state index contributed by atoms with van der Waals surface area (Å²) < 4.78 is 12.0. The second-order valence-corrected chi connectivity index (χ2v) is 16.8. The van der Waals surface area contributed by atoms with Crippen molar-refractivity contribution in [1.82, 2.24) is 14.7 Å². The Morgan fingerprint density at radius 1 is 0.849 bits per heavy atom. The first kappa shape index (κ1) is 46.5. The first-order chi connectivity index (χ1) is 24.8. The van der Waals surface area contributed by atoms with Crippen molar-refractivity contribution in [3.63, 3.8) is 0 Å². The summed E-state index contributed by atoms with van der Waals surface area (Å²) in [6.07, 6.45) is 0.835. The Balaban J connectivity index is 2.25. The normalized spacial score (nSPS) is 20.1. The van der Waals surface area contributed by atoms with Crippen LogP contribution in [0.15, 0.2) is 24.3 Å². The number of amides is 2. The molecular formula is C43H73N3O7. The van der Waals surface area contributed by atoms with E-state index in [4.69, 9.17) is 9.47 Å². The third-order valence-electron chi connectivity index (χ3n) is 11.9. The molecule has 1 saturated heterocycles. The maximum Gasteiger partial charge on any atom is 0.226 e. The molecule has 0 bridgehead atoms. The molecule has 0 spiro atoms. The van der Waals surface area contributed by atoms with E-state index in [1.54, 1.807) is 26.2 Å². The second-order valence-electron chi connectivity index (χ2n) is 16.8. The monoisotopic (exact) mass is 744 g/mol. The first-order valence-corrected chi connectivity index (χ1v) is 19.9. The van der Waals surface area contributed by atoms with Crippen molar-refractivity contribution in [2.75, 3.05) is 41.9 Å². The van der Waals surface area contributed by atoms with Crippen molar-refractivity contribution in [3.05, 3.63) is 35.4 Å². The molecule has 10 heteroatoms. The van der Waals surface area contributed by atoms with Crippen LogP contribution in [0.2, 0.25) is 0 Å². The van der Waals surface area contributed by atoms with E-state index in [1.165, 1.54) is 0 Å². The summed E-state index contributed by atoms with van der Waals surface area (Å²) in [4.78, 5) is 61.2. The number of ketones is 2. The zero-order chi connectivity index (χ0) is 40.3. The van der Waals surface area contributed by atoms with Gasteiger partial charge in [-0.15, -0.1) is 0 Å². The fourth-order valence-corrected chi connectivity index (χ4v) is 8.51. The molecule has 53 heavy (non-hydrogen) atoms. The lowest BCUT2D eigenvalue weighted by Gasteiger charge is -2.41. The predicted octanol–water partition coefficient (Wildman–Crippen LogP) is 6.36. The van der Waals surface area contributed by atoms with E-state index in [2.05, 4.69) is 13.8 Å². The van der Waals surface area contributed by atoms with E-state index in [1.807, 2.05) is 96.6 Å². The van der Waals surface area contributed by atoms with Crippen LogP contribution in [-0.2, 0) is 28.7 Å². The molecule has 1 aromatic carbocycles. The Morgan fingerprint density at radius 3 is 1.94 bits per heavy atom. The van der Waals surface area contributed by atoms with Crippen LogP contribution in [0.3, 0.4) is 0 Å². The second kappa shape index (κ2) is 21.4. The number of benzene rings is 1. The molecule has 0 radical (unpaired) electrons. The average molecular weight is 744 g/mol. The van der Waals surface area contributed by atoms with Gasteiger partial charge in [-0.3, -0.25) is 24.1 Å². The minimum atomic E-state index is -0.766. The van der Waals surface area contributed by atoms with Gasteiger partial charge in [-0.05, 0) is 63.1 Å². The van der Waals surface area contributed by atoms with Crippen LogP contribution in [-0.4, -0.2) is 115 Å². The fourth-order valence-electron chi connectivity index (χ4n) is 8.51. The molecule has 1 fully saturated rings.